The number of carboxylic acid groups (broad SMARTS) is 1. The van der Waals surface area contributed by atoms with Gasteiger partial charge in [-0.05, 0) is 54.2 Å². The average Bonchev–Trinajstić information content (AvgIpc) is 3.17. The number of hydrogen-bond donors (Lipinski definition) is 2. The van der Waals surface area contributed by atoms with Crippen LogP contribution < -0.4 is 15.7 Å². The van der Waals surface area contributed by atoms with E-state index in [-0.39, 0.29) is 30.8 Å². The molecule has 2 aliphatic rings. The van der Waals surface area contributed by atoms with Crippen molar-refractivity contribution in [1.29, 1.82) is 0 Å². The second-order valence-electron chi connectivity index (χ2n) is 7.51. The molecule has 2 N–H and O–H groups in total. The highest BCUT2D eigenvalue weighted by atomic mass is 16.4. The van der Waals surface area contributed by atoms with Crippen LogP contribution in [0.1, 0.15) is 51.8 Å². The molecule has 0 saturated heterocycles. The summed E-state index contributed by atoms with van der Waals surface area (Å²) in [6, 6.07) is 14.4. The summed E-state index contributed by atoms with van der Waals surface area (Å²) in [6.07, 6.45) is 5.28. The van der Waals surface area contributed by atoms with Gasteiger partial charge in [-0.2, -0.15) is 0 Å². The molecule has 2 aromatic carbocycles. The predicted molar refractivity (Wildman–Crippen MR) is 106 cm³/mol. The fourth-order valence-corrected chi connectivity index (χ4v) is 4.36. The second kappa shape index (κ2) is 7.50. The van der Waals surface area contributed by atoms with Crippen molar-refractivity contribution in [2.75, 3.05) is 11.9 Å². The highest BCUT2D eigenvalue weighted by molar-refractivity contribution is 5.95. The van der Waals surface area contributed by atoms with Gasteiger partial charge in [-0.3, -0.25) is 4.79 Å². The Morgan fingerprint density at radius 1 is 1.18 bits per heavy atom. The number of allylic oxidation sites excluding steroid dienone is 2. The van der Waals surface area contributed by atoms with E-state index in [1.807, 2.05) is 12.1 Å². The molecule has 0 fully saturated rings. The van der Waals surface area contributed by atoms with Crippen LogP contribution in [-0.2, 0) is 4.79 Å². The van der Waals surface area contributed by atoms with Crippen LogP contribution in [0.15, 0.2) is 54.6 Å². The number of carbonyl (C=O) groups excluding carboxylic acids is 2. The molecule has 1 aliphatic heterocycles. The van der Waals surface area contributed by atoms with Gasteiger partial charge in [0, 0.05) is 36.1 Å². The molecule has 5 heteroatoms. The SMILES string of the molecule is Cc1ccccc1[C@H]1Nc2ccc(C(=O)NCCC(=O)[O-])cc2[C@@H]2C=CC[C@@H]12. The minimum atomic E-state index is -1.17. The van der Waals surface area contributed by atoms with Crippen LogP contribution >= 0.6 is 0 Å². The molecule has 0 unspecified atom stereocenters. The molecule has 1 heterocycles. The number of aliphatic carboxylic acids is 1. The lowest BCUT2D eigenvalue weighted by molar-refractivity contribution is -0.305. The van der Waals surface area contributed by atoms with E-state index in [1.165, 1.54) is 11.1 Å². The Hall–Kier alpha value is -3.08. The average molecular weight is 375 g/mol. The number of rotatable bonds is 5. The van der Waals surface area contributed by atoms with E-state index in [0.717, 1.165) is 17.7 Å². The molecule has 2 aromatic rings. The zero-order valence-corrected chi connectivity index (χ0v) is 15.8. The van der Waals surface area contributed by atoms with Crippen molar-refractivity contribution in [3.63, 3.8) is 0 Å². The maximum absolute atomic E-state index is 12.4. The van der Waals surface area contributed by atoms with Crippen LogP contribution in [0.5, 0.6) is 0 Å². The monoisotopic (exact) mass is 375 g/mol. The van der Waals surface area contributed by atoms with Gasteiger partial charge in [0.25, 0.3) is 5.91 Å². The van der Waals surface area contributed by atoms with Crippen LogP contribution in [0.25, 0.3) is 0 Å². The molecule has 0 radical (unpaired) electrons. The molecule has 1 amide bonds. The Balaban J connectivity index is 1.61. The van der Waals surface area contributed by atoms with Crippen molar-refractivity contribution in [3.8, 4) is 0 Å². The maximum atomic E-state index is 12.4. The molecule has 3 atom stereocenters. The smallest absolute Gasteiger partial charge is 0.251 e. The Morgan fingerprint density at radius 3 is 2.79 bits per heavy atom. The van der Waals surface area contributed by atoms with E-state index >= 15 is 0 Å². The summed E-state index contributed by atoms with van der Waals surface area (Å²) in [5, 5.41) is 16.9. The summed E-state index contributed by atoms with van der Waals surface area (Å²) in [5.41, 5.74) is 5.31. The molecule has 28 heavy (non-hydrogen) atoms. The van der Waals surface area contributed by atoms with Gasteiger partial charge >= 0.3 is 0 Å². The third kappa shape index (κ3) is 3.40. The third-order valence-electron chi connectivity index (χ3n) is 5.76. The first-order valence-corrected chi connectivity index (χ1v) is 9.65. The first-order valence-electron chi connectivity index (χ1n) is 9.65. The van der Waals surface area contributed by atoms with Crippen LogP contribution in [0, 0.1) is 12.8 Å². The summed E-state index contributed by atoms with van der Waals surface area (Å²) < 4.78 is 0. The summed E-state index contributed by atoms with van der Waals surface area (Å²) in [6.45, 7) is 2.21. The highest BCUT2D eigenvalue weighted by Crippen LogP contribution is 2.50. The Labute approximate surface area is 164 Å². The second-order valence-corrected chi connectivity index (χ2v) is 7.51. The van der Waals surface area contributed by atoms with Crippen molar-refractivity contribution >= 4 is 17.6 Å². The summed E-state index contributed by atoms with van der Waals surface area (Å²) in [4.78, 5) is 22.9. The molecule has 4 rings (SSSR count). The summed E-state index contributed by atoms with van der Waals surface area (Å²) >= 11 is 0. The maximum Gasteiger partial charge on any atom is 0.251 e. The number of nitrogens with one attached hydrogen (secondary N) is 2. The largest absolute Gasteiger partial charge is 0.550 e. The Bertz CT molecular complexity index is 951. The van der Waals surface area contributed by atoms with Crippen molar-refractivity contribution in [2.24, 2.45) is 5.92 Å². The molecule has 0 spiro atoms. The number of aryl methyl sites for hydroxylation is 1. The molecular weight excluding hydrogens is 352 g/mol. The van der Waals surface area contributed by atoms with Crippen LogP contribution in [0.2, 0.25) is 0 Å². The van der Waals surface area contributed by atoms with Crippen molar-refractivity contribution in [1.82, 2.24) is 5.32 Å². The van der Waals surface area contributed by atoms with E-state index < -0.39 is 5.97 Å². The quantitative estimate of drug-likeness (QED) is 0.788. The van der Waals surface area contributed by atoms with Crippen molar-refractivity contribution in [3.05, 3.63) is 76.9 Å². The molecule has 0 saturated carbocycles. The number of carbonyl (C=O) groups is 2. The lowest BCUT2D eigenvalue weighted by Gasteiger charge is -2.38. The van der Waals surface area contributed by atoms with Crippen LogP contribution in [0.3, 0.4) is 0 Å². The lowest BCUT2D eigenvalue weighted by atomic mass is 9.76. The number of carboxylic acids is 1. The molecule has 0 bridgehead atoms. The zero-order chi connectivity index (χ0) is 19.7. The standard InChI is InChI=1S/C23H24N2O3/c1-14-5-2-3-6-16(14)22-18-8-4-7-17(18)19-13-15(9-10-20(19)25-22)23(28)24-12-11-21(26)27/h2-7,9-10,13,17-18,22,25H,8,11-12H2,1H3,(H,24,28)(H,26,27)/p-1/t17-,18-,22-/m1/s1. The van der Waals surface area contributed by atoms with Gasteiger partial charge in [0.1, 0.15) is 0 Å². The van der Waals surface area contributed by atoms with Gasteiger partial charge in [0.2, 0.25) is 0 Å². The van der Waals surface area contributed by atoms with E-state index in [4.69, 9.17) is 0 Å². The van der Waals surface area contributed by atoms with Crippen LogP contribution in [0.4, 0.5) is 5.69 Å². The van der Waals surface area contributed by atoms with Gasteiger partial charge in [-0.1, -0.05) is 36.4 Å². The van der Waals surface area contributed by atoms with Gasteiger partial charge in [-0.15, -0.1) is 0 Å². The van der Waals surface area contributed by atoms with Crippen LogP contribution in [-0.4, -0.2) is 18.4 Å². The number of hydrogen-bond acceptors (Lipinski definition) is 4. The van der Waals surface area contributed by atoms with E-state index in [9.17, 15) is 14.7 Å². The molecule has 5 nitrogen and oxygen atoms in total. The predicted octanol–water partition coefficient (Wildman–Crippen LogP) is 2.69. The zero-order valence-electron chi connectivity index (χ0n) is 15.8. The lowest BCUT2D eigenvalue weighted by Crippen LogP contribution is -2.32. The van der Waals surface area contributed by atoms with Crippen molar-refractivity contribution < 1.29 is 14.7 Å². The summed E-state index contributed by atoms with van der Waals surface area (Å²) in [5.74, 6) is -0.762. The van der Waals surface area contributed by atoms with E-state index in [1.54, 1.807) is 6.07 Å². The number of fused-ring (bicyclic) bond motifs is 3. The first-order chi connectivity index (χ1) is 13.5. The Morgan fingerprint density at radius 2 is 2.00 bits per heavy atom. The Kier molecular flexibility index (Phi) is 4.90. The van der Waals surface area contributed by atoms with Gasteiger partial charge < -0.3 is 20.5 Å². The van der Waals surface area contributed by atoms with Gasteiger partial charge in [0.05, 0.1) is 6.04 Å². The minimum Gasteiger partial charge on any atom is -0.550 e. The molecule has 144 valence electrons. The third-order valence-corrected chi connectivity index (χ3v) is 5.76. The fourth-order valence-electron chi connectivity index (χ4n) is 4.36. The van der Waals surface area contributed by atoms with E-state index in [0.29, 0.717) is 11.5 Å². The first kappa shape index (κ1) is 18.3. The fraction of sp³-hybridized carbons (Fsp3) is 0.304. The molecular formula is C23H23N2O3-. The number of amides is 1. The van der Waals surface area contributed by atoms with Gasteiger partial charge in [-0.25, -0.2) is 0 Å². The normalized spacial score (nSPS) is 22.1. The molecule has 0 aromatic heterocycles. The number of anilines is 1. The highest BCUT2D eigenvalue weighted by Gasteiger charge is 2.38. The van der Waals surface area contributed by atoms with E-state index in [2.05, 4.69) is 54.0 Å². The van der Waals surface area contributed by atoms with Crippen molar-refractivity contribution in [2.45, 2.75) is 31.7 Å². The summed E-state index contributed by atoms with van der Waals surface area (Å²) in [7, 11) is 0. The minimum absolute atomic E-state index is 0.0673. The molecule has 1 aliphatic carbocycles. The number of benzene rings is 2. The van der Waals surface area contributed by atoms with Gasteiger partial charge in [0.15, 0.2) is 0 Å². The topological polar surface area (TPSA) is 81.3 Å².